The Morgan fingerprint density at radius 1 is 1.75 bits per heavy atom. The topological polar surface area (TPSA) is 64.8 Å². The van der Waals surface area contributed by atoms with Gasteiger partial charge in [-0.05, 0) is 0 Å². The van der Waals surface area contributed by atoms with E-state index in [0.29, 0.717) is 6.54 Å². The predicted octanol–water partition coefficient (Wildman–Crippen LogP) is -1.58. The van der Waals surface area contributed by atoms with E-state index in [1.165, 1.54) is 6.21 Å². The Bertz CT molecular complexity index is 105. The van der Waals surface area contributed by atoms with Crippen LogP contribution in [-0.4, -0.2) is 29.9 Å². The van der Waals surface area contributed by atoms with Gasteiger partial charge in [0.15, 0.2) is 0 Å². The molecule has 1 aliphatic rings. The molecule has 3 N–H and O–H groups in total. The summed E-state index contributed by atoms with van der Waals surface area (Å²) in [5.74, 6) is -0.227. The van der Waals surface area contributed by atoms with E-state index in [9.17, 15) is 0 Å². The number of nitrogens with one attached hydrogen (secondary N) is 1. The van der Waals surface area contributed by atoms with E-state index in [1.807, 2.05) is 0 Å². The van der Waals surface area contributed by atoms with Gasteiger partial charge in [0.25, 0.3) is 0 Å². The van der Waals surface area contributed by atoms with Crippen LogP contribution < -0.4 is 5.43 Å². The molecule has 1 unspecified atom stereocenters. The van der Waals surface area contributed by atoms with E-state index in [0.717, 1.165) is 0 Å². The standard InChI is InChI=1S/C3H7BN2O2/c7-4(8)3-1-5-6-2-3/h1,3,6-8H,2H2. The SMILES string of the molecule is OB(O)C1C=NNC1. The van der Waals surface area contributed by atoms with Crippen molar-refractivity contribution in [3.63, 3.8) is 0 Å². The first-order valence-corrected chi connectivity index (χ1v) is 2.43. The maximum Gasteiger partial charge on any atom is 0.462 e. The fourth-order valence-electron chi connectivity index (χ4n) is 0.542. The van der Waals surface area contributed by atoms with Gasteiger partial charge in [-0.15, -0.1) is 0 Å². The normalized spacial score (nSPS) is 25.5. The average Bonchev–Trinajstić information content (AvgIpc) is 2.12. The van der Waals surface area contributed by atoms with Gasteiger partial charge in [0.05, 0.1) is 0 Å². The fourth-order valence-corrected chi connectivity index (χ4v) is 0.542. The number of hydrazone groups is 1. The lowest BCUT2D eigenvalue weighted by molar-refractivity contribution is 0.399. The summed E-state index contributed by atoms with van der Waals surface area (Å²) in [6.07, 6.45) is 1.49. The average molecular weight is 114 g/mol. The lowest BCUT2D eigenvalue weighted by atomic mass is 9.74. The summed E-state index contributed by atoms with van der Waals surface area (Å²) in [5, 5.41) is 20.5. The summed E-state index contributed by atoms with van der Waals surface area (Å²) < 4.78 is 0. The Labute approximate surface area is 47.4 Å². The van der Waals surface area contributed by atoms with Gasteiger partial charge in [0.2, 0.25) is 0 Å². The van der Waals surface area contributed by atoms with Crippen molar-refractivity contribution in [2.75, 3.05) is 6.54 Å². The maximum atomic E-state index is 8.48. The van der Waals surface area contributed by atoms with E-state index in [4.69, 9.17) is 10.0 Å². The van der Waals surface area contributed by atoms with Crippen molar-refractivity contribution >= 4 is 13.3 Å². The summed E-state index contributed by atoms with van der Waals surface area (Å²) in [5.41, 5.74) is 2.60. The molecule has 0 aliphatic carbocycles. The molecule has 0 fully saturated rings. The zero-order valence-electron chi connectivity index (χ0n) is 4.28. The zero-order valence-corrected chi connectivity index (χ0v) is 4.28. The molecule has 5 heteroatoms. The lowest BCUT2D eigenvalue weighted by Gasteiger charge is -1.99. The van der Waals surface area contributed by atoms with Gasteiger partial charge in [-0.2, -0.15) is 5.10 Å². The van der Waals surface area contributed by atoms with Crippen LogP contribution in [0.4, 0.5) is 0 Å². The number of hydrogen-bond donors (Lipinski definition) is 3. The fraction of sp³-hybridized carbons (Fsp3) is 0.667. The monoisotopic (exact) mass is 114 g/mol. The third-order valence-electron chi connectivity index (χ3n) is 1.07. The molecular formula is C3H7BN2O2. The van der Waals surface area contributed by atoms with Gasteiger partial charge < -0.3 is 15.5 Å². The molecular weight excluding hydrogens is 107 g/mol. The minimum Gasteiger partial charge on any atom is -0.427 e. The first-order valence-electron chi connectivity index (χ1n) is 2.43. The Kier molecular flexibility index (Phi) is 1.50. The van der Waals surface area contributed by atoms with E-state index in [1.54, 1.807) is 0 Å². The highest BCUT2D eigenvalue weighted by Gasteiger charge is 2.23. The van der Waals surface area contributed by atoms with Gasteiger partial charge in [-0.3, -0.25) is 0 Å². The molecule has 0 radical (unpaired) electrons. The van der Waals surface area contributed by atoms with Crippen LogP contribution in [-0.2, 0) is 0 Å². The van der Waals surface area contributed by atoms with Crippen molar-refractivity contribution in [2.24, 2.45) is 5.10 Å². The predicted molar refractivity (Wildman–Crippen MR) is 30.4 cm³/mol. The third kappa shape index (κ3) is 0.990. The minimum atomic E-state index is -1.27. The first kappa shape index (κ1) is 5.59. The lowest BCUT2D eigenvalue weighted by Crippen LogP contribution is -2.24. The van der Waals surface area contributed by atoms with Crippen LogP contribution in [0.15, 0.2) is 5.10 Å². The molecule has 0 saturated carbocycles. The molecule has 0 aromatic rings. The molecule has 1 atom stereocenters. The van der Waals surface area contributed by atoms with Gasteiger partial charge in [0, 0.05) is 18.6 Å². The highest BCUT2D eigenvalue weighted by molar-refractivity contribution is 6.48. The van der Waals surface area contributed by atoms with Crippen LogP contribution in [0.1, 0.15) is 0 Å². The summed E-state index contributed by atoms with van der Waals surface area (Å²) in [6.45, 7) is 0.525. The van der Waals surface area contributed by atoms with Crippen LogP contribution in [0.5, 0.6) is 0 Å². The largest absolute Gasteiger partial charge is 0.462 e. The van der Waals surface area contributed by atoms with E-state index < -0.39 is 7.12 Å². The third-order valence-corrected chi connectivity index (χ3v) is 1.07. The second-order valence-electron chi connectivity index (χ2n) is 1.72. The Morgan fingerprint density at radius 3 is 2.75 bits per heavy atom. The van der Waals surface area contributed by atoms with Gasteiger partial charge in [0.1, 0.15) is 0 Å². The molecule has 1 rings (SSSR count). The van der Waals surface area contributed by atoms with E-state index >= 15 is 0 Å². The molecule has 0 amide bonds. The van der Waals surface area contributed by atoms with E-state index in [2.05, 4.69) is 10.5 Å². The van der Waals surface area contributed by atoms with Crippen molar-refractivity contribution in [1.82, 2.24) is 5.43 Å². The molecule has 0 saturated heterocycles. The van der Waals surface area contributed by atoms with Gasteiger partial charge in [-0.25, -0.2) is 0 Å². The van der Waals surface area contributed by atoms with Crippen molar-refractivity contribution < 1.29 is 10.0 Å². The van der Waals surface area contributed by atoms with Crippen LogP contribution in [0.3, 0.4) is 0 Å². The molecule has 1 heterocycles. The highest BCUT2D eigenvalue weighted by Crippen LogP contribution is 2.04. The van der Waals surface area contributed by atoms with Crippen molar-refractivity contribution in [1.29, 1.82) is 0 Å². The first-order chi connectivity index (χ1) is 3.80. The van der Waals surface area contributed by atoms with Crippen LogP contribution in [0, 0.1) is 0 Å². The van der Waals surface area contributed by atoms with Crippen molar-refractivity contribution in [3.05, 3.63) is 0 Å². The second-order valence-corrected chi connectivity index (χ2v) is 1.72. The number of hydrogen-bond acceptors (Lipinski definition) is 4. The molecule has 8 heavy (non-hydrogen) atoms. The van der Waals surface area contributed by atoms with E-state index in [-0.39, 0.29) is 5.82 Å². The van der Waals surface area contributed by atoms with Crippen LogP contribution in [0.25, 0.3) is 0 Å². The molecule has 0 aromatic heterocycles. The quantitative estimate of drug-likeness (QED) is 0.360. The number of nitrogens with zero attached hydrogens (tertiary/aromatic N) is 1. The maximum absolute atomic E-state index is 8.48. The molecule has 0 spiro atoms. The van der Waals surface area contributed by atoms with Gasteiger partial charge in [-0.1, -0.05) is 0 Å². The highest BCUT2D eigenvalue weighted by atomic mass is 16.4. The van der Waals surface area contributed by atoms with Crippen LogP contribution in [0.2, 0.25) is 5.82 Å². The molecule has 4 nitrogen and oxygen atoms in total. The summed E-state index contributed by atoms with van der Waals surface area (Å²) in [7, 11) is -1.27. The molecule has 1 aliphatic heterocycles. The molecule has 0 aromatic carbocycles. The van der Waals surface area contributed by atoms with Gasteiger partial charge >= 0.3 is 7.12 Å². The smallest absolute Gasteiger partial charge is 0.427 e. The van der Waals surface area contributed by atoms with Crippen LogP contribution >= 0.6 is 0 Å². The summed E-state index contributed by atoms with van der Waals surface area (Å²) in [6, 6.07) is 0. The van der Waals surface area contributed by atoms with Crippen molar-refractivity contribution in [3.8, 4) is 0 Å². The zero-order chi connectivity index (χ0) is 5.98. The summed E-state index contributed by atoms with van der Waals surface area (Å²) in [4.78, 5) is 0. The Balaban J connectivity index is 2.36. The Morgan fingerprint density at radius 2 is 2.50 bits per heavy atom. The second kappa shape index (κ2) is 2.15. The Hall–Kier alpha value is -0.545. The minimum absolute atomic E-state index is 0.227. The summed E-state index contributed by atoms with van der Waals surface area (Å²) >= 11 is 0. The van der Waals surface area contributed by atoms with Crippen molar-refractivity contribution in [2.45, 2.75) is 5.82 Å². The molecule has 0 bridgehead atoms. The molecule has 44 valence electrons. The number of rotatable bonds is 1.